The molecule has 1 aromatic heterocycles. The Balaban J connectivity index is 2.04. The predicted octanol–water partition coefficient (Wildman–Crippen LogP) is 1.85. The second-order valence-electron chi connectivity index (χ2n) is 5.59. The molecule has 7 nitrogen and oxygen atoms in total. The van der Waals surface area contributed by atoms with Crippen LogP contribution in [0.25, 0.3) is 0 Å². The molecule has 2 aromatic rings. The average Bonchev–Trinajstić information content (AvgIpc) is 3.05. The fourth-order valence-electron chi connectivity index (χ4n) is 2.06. The van der Waals surface area contributed by atoms with Crippen molar-refractivity contribution in [2.45, 2.75) is 31.4 Å². The maximum absolute atomic E-state index is 12.3. The number of esters is 1. The van der Waals surface area contributed by atoms with Crippen molar-refractivity contribution in [3.8, 4) is 0 Å². The van der Waals surface area contributed by atoms with Crippen molar-refractivity contribution in [2.75, 3.05) is 6.26 Å². The maximum Gasteiger partial charge on any atom is 0.339 e. The lowest BCUT2D eigenvalue weighted by molar-refractivity contribution is -0.129. The van der Waals surface area contributed by atoms with Crippen LogP contribution in [0.15, 0.2) is 45.9 Å². The molecule has 1 amide bonds. The molecule has 8 heteroatoms. The quantitative estimate of drug-likeness (QED) is 0.784. The number of ether oxygens (including phenoxy) is 1. The van der Waals surface area contributed by atoms with Crippen LogP contribution in [0.2, 0.25) is 0 Å². The molecule has 1 aromatic carbocycles. The summed E-state index contributed by atoms with van der Waals surface area (Å²) < 4.78 is 33.5. The van der Waals surface area contributed by atoms with Crippen LogP contribution in [0.5, 0.6) is 0 Å². The van der Waals surface area contributed by atoms with E-state index in [2.05, 4.69) is 5.32 Å². The van der Waals surface area contributed by atoms with E-state index in [9.17, 15) is 18.0 Å². The molecule has 1 atom stereocenters. The molecule has 1 unspecified atom stereocenters. The van der Waals surface area contributed by atoms with Gasteiger partial charge in [-0.25, -0.2) is 13.2 Å². The summed E-state index contributed by atoms with van der Waals surface area (Å²) in [5.41, 5.74) is 0.661. The van der Waals surface area contributed by atoms with Gasteiger partial charge in [-0.15, -0.1) is 0 Å². The summed E-state index contributed by atoms with van der Waals surface area (Å²) in [4.78, 5) is 24.3. The van der Waals surface area contributed by atoms with Gasteiger partial charge in [0.05, 0.1) is 23.3 Å². The largest absolute Gasteiger partial charge is 0.467 e. The van der Waals surface area contributed by atoms with Gasteiger partial charge in [0.1, 0.15) is 5.76 Å². The maximum atomic E-state index is 12.3. The lowest BCUT2D eigenvalue weighted by atomic mass is 10.1. The molecular formula is C17H19NO6S. The van der Waals surface area contributed by atoms with Crippen LogP contribution >= 0.6 is 0 Å². The molecule has 25 heavy (non-hydrogen) atoms. The summed E-state index contributed by atoms with van der Waals surface area (Å²) in [6.45, 7) is 3.27. The number of furan rings is 1. The summed E-state index contributed by atoms with van der Waals surface area (Å²) in [6.07, 6.45) is 1.50. The van der Waals surface area contributed by atoms with Crippen molar-refractivity contribution in [3.05, 3.63) is 53.5 Å². The number of aryl methyl sites for hydroxylation is 1. The zero-order valence-corrected chi connectivity index (χ0v) is 14.9. The van der Waals surface area contributed by atoms with E-state index in [-0.39, 0.29) is 17.0 Å². The number of hydrogen-bond donors (Lipinski definition) is 1. The first-order valence-corrected chi connectivity index (χ1v) is 9.39. The van der Waals surface area contributed by atoms with Gasteiger partial charge < -0.3 is 14.5 Å². The highest BCUT2D eigenvalue weighted by atomic mass is 32.2. The van der Waals surface area contributed by atoms with E-state index >= 15 is 0 Å². The molecule has 134 valence electrons. The fourth-order valence-corrected chi connectivity index (χ4v) is 2.71. The Kier molecular flexibility index (Phi) is 5.63. The van der Waals surface area contributed by atoms with Crippen LogP contribution in [-0.4, -0.2) is 32.7 Å². The molecule has 1 heterocycles. The number of rotatable bonds is 6. The summed E-state index contributed by atoms with van der Waals surface area (Å²) in [6, 6.07) is 7.59. The molecule has 0 fully saturated rings. The molecule has 0 aliphatic carbocycles. The van der Waals surface area contributed by atoms with Gasteiger partial charge in [0, 0.05) is 6.26 Å². The number of amides is 1. The van der Waals surface area contributed by atoms with Gasteiger partial charge in [0.25, 0.3) is 5.91 Å². The minimum Gasteiger partial charge on any atom is -0.467 e. The SMILES string of the molecule is Cc1ccc(S(C)(=O)=O)cc1C(=O)OC(C)C(=O)NCc1ccco1. The van der Waals surface area contributed by atoms with Crippen LogP contribution in [0.4, 0.5) is 0 Å². The Morgan fingerprint density at radius 1 is 1.28 bits per heavy atom. The summed E-state index contributed by atoms with van der Waals surface area (Å²) >= 11 is 0. The van der Waals surface area contributed by atoms with Crippen LogP contribution in [0, 0.1) is 6.92 Å². The number of benzene rings is 1. The van der Waals surface area contributed by atoms with E-state index < -0.39 is 27.8 Å². The van der Waals surface area contributed by atoms with E-state index in [1.54, 1.807) is 19.1 Å². The van der Waals surface area contributed by atoms with E-state index in [1.165, 1.54) is 31.4 Å². The number of carbonyl (C=O) groups excluding carboxylic acids is 2. The second kappa shape index (κ2) is 7.52. The normalized spacial score (nSPS) is 12.4. The molecule has 1 N–H and O–H groups in total. The van der Waals surface area contributed by atoms with Crippen LogP contribution < -0.4 is 5.32 Å². The molecule has 0 spiro atoms. The Morgan fingerprint density at radius 3 is 2.60 bits per heavy atom. The van der Waals surface area contributed by atoms with Crippen molar-refractivity contribution in [1.82, 2.24) is 5.32 Å². The predicted molar refractivity (Wildman–Crippen MR) is 89.7 cm³/mol. The smallest absolute Gasteiger partial charge is 0.339 e. The minimum absolute atomic E-state index is 0.0139. The van der Waals surface area contributed by atoms with E-state index in [0.717, 1.165) is 6.26 Å². The van der Waals surface area contributed by atoms with E-state index in [4.69, 9.17) is 9.15 Å². The van der Waals surface area contributed by atoms with Crippen LogP contribution in [0.3, 0.4) is 0 Å². The lowest BCUT2D eigenvalue weighted by Crippen LogP contribution is -2.35. The topological polar surface area (TPSA) is 103 Å². The fraction of sp³-hybridized carbons (Fsp3) is 0.294. The first-order valence-electron chi connectivity index (χ1n) is 7.50. The van der Waals surface area contributed by atoms with Gasteiger partial charge in [-0.1, -0.05) is 6.07 Å². The van der Waals surface area contributed by atoms with Crippen LogP contribution in [-0.2, 0) is 25.9 Å². The Hall–Kier alpha value is -2.61. The third-order valence-corrected chi connectivity index (χ3v) is 4.64. The second-order valence-corrected chi connectivity index (χ2v) is 7.61. The molecule has 0 aliphatic rings. The number of hydrogen-bond acceptors (Lipinski definition) is 6. The average molecular weight is 365 g/mol. The van der Waals surface area contributed by atoms with Crippen molar-refractivity contribution < 1.29 is 27.2 Å². The van der Waals surface area contributed by atoms with Gasteiger partial charge in [0.2, 0.25) is 0 Å². The first kappa shape index (κ1) is 18.7. The highest BCUT2D eigenvalue weighted by Gasteiger charge is 2.21. The summed E-state index contributed by atoms with van der Waals surface area (Å²) in [7, 11) is -3.45. The standard InChI is InChI=1S/C17H19NO6S/c1-11-6-7-14(25(3,21)22)9-15(11)17(20)24-12(2)16(19)18-10-13-5-4-8-23-13/h4-9,12H,10H2,1-3H3,(H,18,19). The van der Waals surface area contributed by atoms with Gasteiger partial charge >= 0.3 is 5.97 Å². The summed E-state index contributed by atoms with van der Waals surface area (Å²) in [5, 5.41) is 2.59. The molecule has 2 rings (SSSR count). The molecular weight excluding hydrogens is 346 g/mol. The minimum atomic E-state index is -3.45. The zero-order valence-electron chi connectivity index (χ0n) is 14.1. The highest BCUT2D eigenvalue weighted by molar-refractivity contribution is 7.90. The van der Waals surface area contributed by atoms with Crippen molar-refractivity contribution in [3.63, 3.8) is 0 Å². The molecule has 0 bridgehead atoms. The molecule has 0 radical (unpaired) electrons. The van der Waals surface area contributed by atoms with Crippen molar-refractivity contribution in [1.29, 1.82) is 0 Å². The monoisotopic (exact) mass is 365 g/mol. The Bertz CT molecular complexity index is 871. The Labute approximate surface area is 145 Å². The lowest BCUT2D eigenvalue weighted by Gasteiger charge is -2.14. The van der Waals surface area contributed by atoms with E-state index in [0.29, 0.717) is 11.3 Å². The molecule has 0 saturated heterocycles. The number of nitrogens with one attached hydrogen (secondary N) is 1. The van der Waals surface area contributed by atoms with Gasteiger partial charge in [-0.3, -0.25) is 4.79 Å². The third kappa shape index (κ3) is 4.93. The van der Waals surface area contributed by atoms with Crippen LogP contribution in [0.1, 0.15) is 28.6 Å². The first-order chi connectivity index (χ1) is 11.7. The van der Waals surface area contributed by atoms with Gasteiger partial charge in [0.15, 0.2) is 15.9 Å². The van der Waals surface area contributed by atoms with Crippen molar-refractivity contribution in [2.24, 2.45) is 0 Å². The molecule has 0 aliphatic heterocycles. The van der Waals surface area contributed by atoms with Crippen molar-refractivity contribution >= 4 is 21.7 Å². The number of sulfone groups is 1. The Morgan fingerprint density at radius 2 is 2.00 bits per heavy atom. The number of carbonyl (C=O) groups is 2. The van der Waals surface area contributed by atoms with Gasteiger partial charge in [-0.2, -0.15) is 0 Å². The third-order valence-electron chi connectivity index (χ3n) is 3.53. The van der Waals surface area contributed by atoms with E-state index in [1.807, 2.05) is 0 Å². The molecule has 0 saturated carbocycles. The van der Waals surface area contributed by atoms with Gasteiger partial charge in [-0.05, 0) is 43.7 Å². The zero-order chi connectivity index (χ0) is 18.6. The highest BCUT2D eigenvalue weighted by Crippen LogP contribution is 2.17. The summed E-state index contributed by atoms with van der Waals surface area (Å²) in [5.74, 6) is -0.672.